The van der Waals surface area contributed by atoms with E-state index in [1.165, 1.54) is 17.0 Å². The van der Waals surface area contributed by atoms with Crippen LogP contribution in [-0.2, 0) is 4.74 Å². The second-order valence-corrected chi connectivity index (χ2v) is 4.01. The summed E-state index contributed by atoms with van der Waals surface area (Å²) < 4.78 is 5.15. The number of anilines is 1. The summed E-state index contributed by atoms with van der Waals surface area (Å²) in [6, 6.07) is 4.43. The molecule has 0 aliphatic carbocycles. The summed E-state index contributed by atoms with van der Waals surface area (Å²) in [6.07, 6.45) is 0. The van der Waals surface area contributed by atoms with Crippen LogP contribution in [0.3, 0.4) is 0 Å². The highest BCUT2D eigenvalue weighted by molar-refractivity contribution is 6.00. The molecule has 8 nitrogen and oxygen atoms in total. The van der Waals surface area contributed by atoms with Crippen molar-refractivity contribution in [3.63, 3.8) is 0 Å². The summed E-state index contributed by atoms with van der Waals surface area (Å²) in [5.41, 5.74) is 2.08. The Morgan fingerprint density at radius 2 is 2.11 bits per heavy atom. The number of ether oxygens (including phenoxy) is 1. The minimum absolute atomic E-state index is 0.0300. The Balaban J connectivity index is 2.37. The van der Waals surface area contributed by atoms with Gasteiger partial charge in [0.2, 0.25) is 0 Å². The highest BCUT2D eigenvalue weighted by Crippen LogP contribution is 2.29. The van der Waals surface area contributed by atoms with E-state index in [4.69, 9.17) is 10.6 Å². The van der Waals surface area contributed by atoms with Crippen LogP contribution >= 0.6 is 0 Å². The number of amides is 1. The molecule has 0 spiro atoms. The number of rotatable bonds is 3. The van der Waals surface area contributed by atoms with Crippen LogP contribution in [0.5, 0.6) is 0 Å². The van der Waals surface area contributed by atoms with Crippen molar-refractivity contribution in [2.24, 2.45) is 5.84 Å². The fourth-order valence-corrected chi connectivity index (χ4v) is 1.97. The first-order valence-corrected chi connectivity index (χ1v) is 5.76. The second kappa shape index (κ2) is 5.63. The SMILES string of the molecule is NNc1cccc(C(=O)N2CCOCC2)c1[N+](=O)[O-]. The zero-order valence-electron chi connectivity index (χ0n) is 10.2. The lowest BCUT2D eigenvalue weighted by atomic mass is 10.1. The number of para-hydroxylation sites is 1. The molecule has 19 heavy (non-hydrogen) atoms. The Morgan fingerprint density at radius 1 is 1.42 bits per heavy atom. The first kappa shape index (κ1) is 13.2. The molecule has 0 bridgehead atoms. The van der Waals surface area contributed by atoms with E-state index >= 15 is 0 Å². The van der Waals surface area contributed by atoms with Crippen LogP contribution in [-0.4, -0.2) is 42.0 Å². The zero-order chi connectivity index (χ0) is 13.8. The van der Waals surface area contributed by atoms with Crippen molar-refractivity contribution in [3.05, 3.63) is 33.9 Å². The van der Waals surface area contributed by atoms with Gasteiger partial charge in [-0.25, -0.2) is 0 Å². The molecule has 1 amide bonds. The molecule has 1 aromatic carbocycles. The number of carbonyl (C=O) groups excluding carboxylic acids is 1. The van der Waals surface area contributed by atoms with E-state index < -0.39 is 4.92 Å². The molecule has 0 radical (unpaired) electrons. The number of nitrogen functional groups attached to an aromatic ring is 1. The summed E-state index contributed by atoms with van der Waals surface area (Å²) in [7, 11) is 0. The third kappa shape index (κ3) is 2.64. The van der Waals surface area contributed by atoms with Gasteiger partial charge in [-0.2, -0.15) is 0 Å². The smallest absolute Gasteiger partial charge is 0.306 e. The Hall–Kier alpha value is -2.19. The molecule has 1 aliphatic rings. The number of hydrazine groups is 1. The quantitative estimate of drug-likeness (QED) is 0.464. The Kier molecular flexibility index (Phi) is 3.93. The molecular formula is C11H14N4O4. The van der Waals surface area contributed by atoms with E-state index in [2.05, 4.69) is 5.43 Å². The highest BCUT2D eigenvalue weighted by Gasteiger charge is 2.28. The van der Waals surface area contributed by atoms with Gasteiger partial charge >= 0.3 is 5.69 Å². The highest BCUT2D eigenvalue weighted by atomic mass is 16.6. The van der Waals surface area contributed by atoms with Gasteiger partial charge < -0.3 is 15.1 Å². The number of nitro benzene ring substituents is 1. The second-order valence-electron chi connectivity index (χ2n) is 4.01. The first-order valence-electron chi connectivity index (χ1n) is 5.76. The molecule has 2 rings (SSSR count). The number of nitrogens with zero attached hydrogens (tertiary/aromatic N) is 2. The number of nitrogens with one attached hydrogen (secondary N) is 1. The van der Waals surface area contributed by atoms with Gasteiger partial charge in [0.25, 0.3) is 5.91 Å². The molecule has 1 fully saturated rings. The Bertz CT molecular complexity index is 499. The van der Waals surface area contributed by atoms with Gasteiger partial charge in [-0.05, 0) is 12.1 Å². The van der Waals surface area contributed by atoms with Crippen LogP contribution < -0.4 is 11.3 Å². The van der Waals surface area contributed by atoms with Gasteiger partial charge in [0.1, 0.15) is 11.3 Å². The van der Waals surface area contributed by atoms with Crippen LogP contribution in [0.15, 0.2) is 18.2 Å². The first-order chi connectivity index (χ1) is 9.15. The third-order valence-corrected chi connectivity index (χ3v) is 2.90. The Labute approximate surface area is 109 Å². The van der Waals surface area contributed by atoms with E-state index in [-0.39, 0.29) is 22.8 Å². The number of benzene rings is 1. The number of morpholine rings is 1. The maximum Gasteiger partial charge on any atom is 0.306 e. The van der Waals surface area contributed by atoms with Crippen molar-refractivity contribution in [1.29, 1.82) is 0 Å². The topological polar surface area (TPSA) is 111 Å². The van der Waals surface area contributed by atoms with Crippen molar-refractivity contribution in [3.8, 4) is 0 Å². The lowest BCUT2D eigenvalue weighted by Gasteiger charge is -2.26. The minimum Gasteiger partial charge on any atom is -0.378 e. The molecule has 8 heteroatoms. The van der Waals surface area contributed by atoms with E-state index in [9.17, 15) is 14.9 Å². The molecule has 1 heterocycles. The molecule has 0 unspecified atom stereocenters. The third-order valence-electron chi connectivity index (χ3n) is 2.90. The van der Waals surface area contributed by atoms with Gasteiger partial charge in [-0.15, -0.1) is 0 Å². The van der Waals surface area contributed by atoms with E-state index in [1.54, 1.807) is 6.07 Å². The fourth-order valence-electron chi connectivity index (χ4n) is 1.97. The predicted octanol–water partition coefficient (Wildman–Crippen LogP) is 0.353. The van der Waals surface area contributed by atoms with Crippen LogP contribution in [0.25, 0.3) is 0 Å². The molecule has 102 valence electrons. The molecule has 1 aromatic rings. The summed E-state index contributed by atoms with van der Waals surface area (Å²) in [5, 5.41) is 11.1. The van der Waals surface area contributed by atoms with Crippen LogP contribution in [0.1, 0.15) is 10.4 Å². The van der Waals surface area contributed by atoms with Gasteiger partial charge in [0.15, 0.2) is 0 Å². The van der Waals surface area contributed by atoms with Crippen molar-refractivity contribution in [1.82, 2.24) is 4.90 Å². The number of nitrogens with two attached hydrogens (primary N) is 1. The van der Waals surface area contributed by atoms with Gasteiger partial charge in [0, 0.05) is 13.1 Å². The number of nitro groups is 1. The fraction of sp³-hybridized carbons (Fsp3) is 0.364. The van der Waals surface area contributed by atoms with E-state index in [0.29, 0.717) is 26.3 Å². The molecule has 3 N–H and O–H groups in total. The zero-order valence-corrected chi connectivity index (χ0v) is 10.2. The lowest BCUT2D eigenvalue weighted by Crippen LogP contribution is -2.41. The molecule has 1 saturated heterocycles. The maximum absolute atomic E-state index is 12.3. The average molecular weight is 266 g/mol. The minimum atomic E-state index is -0.608. The van der Waals surface area contributed by atoms with Gasteiger partial charge in [-0.3, -0.25) is 20.8 Å². The van der Waals surface area contributed by atoms with Crippen LogP contribution in [0.2, 0.25) is 0 Å². The predicted molar refractivity (Wildman–Crippen MR) is 67.6 cm³/mol. The molecule has 0 atom stereocenters. The molecule has 0 aromatic heterocycles. The largest absolute Gasteiger partial charge is 0.378 e. The number of carbonyl (C=O) groups is 1. The summed E-state index contributed by atoms with van der Waals surface area (Å²) in [6.45, 7) is 1.73. The number of hydrogen-bond donors (Lipinski definition) is 2. The van der Waals surface area contributed by atoms with Crippen molar-refractivity contribution in [2.75, 3.05) is 31.7 Å². The number of hydrogen-bond acceptors (Lipinski definition) is 6. The van der Waals surface area contributed by atoms with Crippen molar-refractivity contribution < 1.29 is 14.5 Å². The molecule has 1 aliphatic heterocycles. The van der Waals surface area contributed by atoms with Gasteiger partial charge in [0.05, 0.1) is 18.1 Å². The molecule has 0 saturated carbocycles. The van der Waals surface area contributed by atoms with Crippen molar-refractivity contribution in [2.45, 2.75) is 0 Å². The summed E-state index contributed by atoms with van der Waals surface area (Å²) >= 11 is 0. The normalized spacial score (nSPS) is 15.1. The van der Waals surface area contributed by atoms with Gasteiger partial charge in [-0.1, -0.05) is 6.07 Å². The molecular weight excluding hydrogens is 252 g/mol. The maximum atomic E-state index is 12.3. The van der Waals surface area contributed by atoms with Crippen molar-refractivity contribution >= 4 is 17.3 Å². The van der Waals surface area contributed by atoms with Crippen LogP contribution in [0, 0.1) is 10.1 Å². The monoisotopic (exact) mass is 266 g/mol. The summed E-state index contributed by atoms with van der Waals surface area (Å²) in [5.74, 6) is 4.85. The van der Waals surface area contributed by atoms with E-state index in [0.717, 1.165) is 0 Å². The summed E-state index contributed by atoms with van der Waals surface area (Å²) in [4.78, 5) is 24.3. The Morgan fingerprint density at radius 3 is 2.68 bits per heavy atom. The average Bonchev–Trinajstić information content (AvgIpc) is 2.46. The lowest BCUT2D eigenvalue weighted by molar-refractivity contribution is -0.384. The standard InChI is InChI=1S/C11H14N4O4/c12-13-9-3-1-2-8(10(9)15(17)18)11(16)14-4-6-19-7-5-14/h1-3,13H,4-7,12H2. The van der Waals surface area contributed by atoms with E-state index in [1.807, 2.05) is 0 Å². The van der Waals surface area contributed by atoms with Crippen LogP contribution in [0.4, 0.5) is 11.4 Å².